The van der Waals surface area contributed by atoms with Crippen LogP contribution in [0.1, 0.15) is 23.2 Å². The summed E-state index contributed by atoms with van der Waals surface area (Å²) in [6.45, 7) is 0.861. The van der Waals surface area contributed by atoms with Gasteiger partial charge in [0.1, 0.15) is 5.01 Å². The molecule has 0 aliphatic carbocycles. The van der Waals surface area contributed by atoms with Crippen LogP contribution in [0.5, 0.6) is 11.5 Å². The molecule has 2 rings (SSSR count). The van der Waals surface area contributed by atoms with Crippen molar-refractivity contribution in [3.05, 3.63) is 39.8 Å². The molecule has 0 saturated carbocycles. The fourth-order valence-electron chi connectivity index (χ4n) is 1.95. The number of rotatable bonds is 8. The fraction of sp³-hybridized carbons (Fsp3) is 0.312. The molecule has 9 heteroatoms. The summed E-state index contributed by atoms with van der Waals surface area (Å²) in [7, 11) is 0. The van der Waals surface area contributed by atoms with E-state index in [1.807, 2.05) is 12.3 Å². The third-order valence-electron chi connectivity index (χ3n) is 2.89. The summed E-state index contributed by atoms with van der Waals surface area (Å²) in [5.41, 5.74) is 3.44. The Morgan fingerprint density at radius 1 is 1.48 bits per heavy atom. The largest absolute Gasteiger partial charge is 0.490 e. The molecule has 1 aromatic carbocycles. The van der Waals surface area contributed by atoms with E-state index in [9.17, 15) is 13.6 Å². The number of hydrogen-bond acceptors (Lipinski definition) is 6. The number of thiazole rings is 1. The molecule has 0 spiro atoms. The van der Waals surface area contributed by atoms with Crippen LogP contribution in [-0.4, -0.2) is 30.3 Å². The molecule has 0 aliphatic heterocycles. The van der Waals surface area contributed by atoms with E-state index in [4.69, 9.17) is 4.74 Å². The normalized spacial score (nSPS) is 11.1. The molecule has 1 amide bonds. The second-order valence-corrected chi connectivity index (χ2v) is 5.78. The third kappa shape index (κ3) is 5.79. The van der Waals surface area contributed by atoms with E-state index < -0.39 is 6.61 Å². The van der Waals surface area contributed by atoms with Crippen molar-refractivity contribution in [3.8, 4) is 11.5 Å². The Morgan fingerprint density at radius 2 is 2.28 bits per heavy atom. The van der Waals surface area contributed by atoms with Crippen molar-refractivity contribution >= 4 is 23.5 Å². The Hall–Kier alpha value is -2.55. The first-order valence-electron chi connectivity index (χ1n) is 7.43. The summed E-state index contributed by atoms with van der Waals surface area (Å²) in [4.78, 5) is 16.0. The Morgan fingerprint density at radius 3 is 2.92 bits per heavy atom. The van der Waals surface area contributed by atoms with E-state index in [0.717, 1.165) is 5.69 Å². The minimum absolute atomic E-state index is 0.0925. The zero-order valence-corrected chi connectivity index (χ0v) is 14.5. The van der Waals surface area contributed by atoms with E-state index in [2.05, 4.69) is 20.2 Å². The van der Waals surface area contributed by atoms with Crippen molar-refractivity contribution in [2.75, 3.05) is 6.61 Å². The van der Waals surface area contributed by atoms with Crippen molar-refractivity contribution in [2.45, 2.75) is 26.9 Å². The molecule has 1 N–H and O–H groups in total. The lowest BCUT2D eigenvalue weighted by Crippen LogP contribution is -2.19. The second-order valence-electron chi connectivity index (χ2n) is 4.84. The van der Waals surface area contributed by atoms with Gasteiger partial charge >= 0.3 is 6.61 Å². The molecule has 2 aromatic rings. The summed E-state index contributed by atoms with van der Waals surface area (Å²) in [5, 5.41) is 6.30. The Kier molecular flexibility index (Phi) is 6.81. The predicted molar refractivity (Wildman–Crippen MR) is 90.5 cm³/mol. The first-order chi connectivity index (χ1) is 12.0. The molecule has 0 aliphatic rings. The minimum Gasteiger partial charge on any atom is -0.490 e. The Balaban J connectivity index is 2.06. The van der Waals surface area contributed by atoms with Crippen LogP contribution < -0.4 is 14.9 Å². The van der Waals surface area contributed by atoms with E-state index >= 15 is 0 Å². The van der Waals surface area contributed by atoms with Gasteiger partial charge in [-0.05, 0) is 26.0 Å². The lowest BCUT2D eigenvalue weighted by Gasteiger charge is -2.13. The van der Waals surface area contributed by atoms with Crippen LogP contribution in [0.3, 0.4) is 0 Å². The molecule has 0 radical (unpaired) electrons. The van der Waals surface area contributed by atoms with Crippen molar-refractivity contribution in [3.63, 3.8) is 0 Å². The number of aryl methyl sites for hydroxylation is 1. The number of ether oxygens (including phenoxy) is 2. The highest BCUT2D eigenvalue weighted by atomic mass is 32.1. The maximum Gasteiger partial charge on any atom is 0.387 e. The topological polar surface area (TPSA) is 72.8 Å². The van der Waals surface area contributed by atoms with Gasteiger partial charge in [0, 0.05) is 16.6 Å². The first-order valence-corrected chi connectivity index (χ1v) is 8.31. The number of benzene rings is 1. The zero-order chi connectivity index (χ0) is 18.2. The summed E-state index contributed by atoms with van der Waals surface area (Å²) in [6.07, 6.45) is 1.32. The van der Waals surface area contributed by atoms with Gasteiger partial charge in [0.25, 0.3) is 0 Å². The van der Waals surface area contributed by atoms with Gasteiger partial charge in [0.2, 0.25) is 5.91 Å². The van der Waals surface area contributed by atoms with Gasteiger partial charge in [-0.3, -0.25) is 4.79 Å². The number of alkyl halides is 2. The van der Waals surface area contributed by atoms with Crippen LogP contribution in [0.15, 0.2) is 28.7 Å². The fourth-order valence-corrected chi connectivity index (χ4v) is 2.72. The number of nitrogens with one attached hydrogen (secondary N) is 1. The molecule has 1 aromatic heterocycles. The molecule has 134 valence electrons. The van der Waals surface area contributed by atoms with E-state index in [1.165, 1.54) is 29.7 Å². The van der Waals surface area contributed by atoms with Crippen molar-refractivity contribution in [1.82, 2.24) is 10.4 Å². The van der Waals surface area contributed by atoms with Gasteiger partial charge < -0.3 is 9.47 Å². The maximum absolute atomic E-state index is 12.6. The summed E-state index contributed by atoms with van der Waals surface area (Å²) in [6, 6.07) is 4.66. The highest BCUT2D eigenvalue weighted by Crippen LogP contribution is 2.31. The molecular weight excluding hydrogens is 352 g/mol. The number of hydrazone groups is 1. The first kappa shape index (κ1) is 18.8. The molecule has 6 nitrogen and oxygen atoms in total. The Labute approximate surface area is 147 Å². The molecule has 0 fully saturated rings. The lowest BCUT2D eigenvalue weighted by molar-refractivity contribution is -0.120. The lowest BCUT2D eigenvalue weighted by atomic mass is 10.2. The van der Waals surface area contributed by atoms with Crippen LogP contribution in [0, 0.1) is 6.92 Å². The quantitative estimate of drug-likeness (QED) is 0.573. The molecule has 0 bridgehead atoms. The molecule has 0 saturated heterocycles. The van der Waals surface area contributed by atoms with Crippen molar-refractivity contribution in [2.24, 2.45) is 5.10 Å². The maximum atomic E-state index is 12.6. The van der Waals surface area contributed by atoms with Crippen LogP contribution in [0.2, 0.25) is 0 Å². The van der Waals surface area contributed by atoms with Gasteiger partial charge in [-0.25, -0.2) is 10.4 Å². The standard InChI is InChI=1S/C16H17F2N3O3S/c1-3-23-12-6-4-5-11(15(12)24-16(17)18)8-19-21-13(22)7-14-20-10(2)9-25-14/h4-6,8-9,16H,3,7H2,1-2H3,(H,21,22)/b19-8-. The minimum atomic E-state index is -3.00. The van der Waals surface area contributed by atoms with E-state index in [1.54, 1.807) is 13.0 Å². The van der Waals surface area contributed by atoms with Crippen LogP contribution >= 0.6 is 11.3 Å². The van der Waals surface area contributed by atoms with Gasteiger partial charge in [-0.15, -0.1) is 11.3 Å². The molecule has 0 atom stereocenters. The highest BCUT2D eigenvalue weighted by molar-refractivity contribution is 7.09. The number of carbonyl (C=O) groups excluding carboxylic acids is 1. The number of nitrogens with zero attached hydrogens (tertiary/aromatic N) is 2. The number of aromatic nitrogens is 1. The summed E-state index contributed by atoms with van der Waals surface area (Å²) < 4.78 is 35.0. The third-order valence-corrected chi connectivity index (χ3v) is 3.85. The van der Waals surface area contributed by atoms with Gasteiger partial charge in [-0.2, -0.15) is 13.9 Å². The van der Waals surface area contributed by atoms with E-state index in [0.29, 0.717) is 11.6 Å². The average molecular weight is 369 g/mol. The van der Waals surface area contributed by atoms with Crippen molar-refractivity contribution < 1.29 is 23.0 Å². The van der Waals surface area contributed by atoms with Gasteiger partial charge in [0.05, 0.1) is 19.2 Å². The number of para-hydroxylation sites is 1. The SMILES string of the molecule is CCOc1cccc(/C=N\NC(=O)Cc2nc(C)cs2)c1OC(F)F. The van der Waals surface area contributed by atoms with E-state index in [-0.39, 0.29) is 29.4 Å². The smallest absolute Gasteiger partial charge is 0.387 e. The molecule has 0 unspecified atom stereocenters. The number of halogens is 2. The van der Waals surface area contributed by atoms with Crippen LogP contribution in [0.4, 0.5) is 8.78 Å². The monoisotopic (exact) mass is 369 g/mol. The average Bonchev–Trinajstić information content (AvgIpc) is 2.95. The van der Waals surface area contributed by atoms with Crippen LogP contribution in [-0.2, 0) is 11.2 Å². The number of carbonyl (C=O) groups is 1. The Bertz CT molecular complexity index is 750. The number of hydrogen-bond donors (Lipinski definition) is 1. The molecular formula is C16H17F2N3O3S. The zero-order valence-electron chi connectivity index (χ0n) is 13.7. The highest BCUT2D eigenvalue weighted by Gasteiger charge is 2.14. The number of amides is 1. The molecule has 1 heterocycles. The van der Waals surface area contributed by atoms with Crippen molar-refractivity contribution in [1.29, 1.82) is 0 Å². The second kappa shape index (κ2) is 9.07. The van der Waals surface area contributed by atoms with Gasteiger partial charge in [-0.1, -0.05) is 6.07 Å². The predicted octanol–water partition coefficient (Wildman–Crippen LogP) is 3.14. The summed E-state index contributed by atoms with van der Waals surface area (Å²) >= 11 is 1.38. The van der Waals surface area contributed by atoms with Gasteiger partial charge in [0.15, 0.2) is 11.5 Å². The molecule has 25 heavy (non-hydrogen) atoms. The summed E-state index contributed by atoms with van der Waals surface area (Å²) in [5.74, 6) is -0.313. The van der Waals surface area contributed by atoms with Crippen LogP contribution in [0.25, 0.3) is 0 Å².